The highest BCUT2D eigenvalue weighted by molar-refractivity contribution is 7.55. The Morgan fingerprint density at radius 1 is 0.667 bits per heavy atom. The topological polar surface area (TPSA) is 0 Å². The van der Waals surface area contributed by atoms with Crippen LogP contribution in [0.25, 0.3) is 0 Å². The molecule has 1 heteroatoms. The summed E-state index contributed by atoms with van der Waals surface area (Å²) in [6.07, 6.45) is 7.56. The Labute approximate surface area is 131 Å². The summed E-state index contributed by atoms with van der Waals surface area (Å²) < 4.78 is 0. The van der Waals surface area contributed by atoms with Crippen LogP contribution in [0.2, 0.25) is 0 Å². The second-order valence-corrected chi connectivity index (χ2v) is 6.97. The van der Waals surface area contributed by atoms with Gasteiger partial charge in [-0.1, -0.05) is 83.8 Å². The van der Waals surface area contributed by atoms with Crippen LogP contribution in [0.3, 0.4) is 0 Å². The van der Waals surface area contributed by atoms with Crippen LogP contribution in [0, 0.1) is 0 Å². The molecule has 0 aliphatic carbocycles. The lowest BCUT2D eigenvalue weighted by Crippen LogP contribution is -2.12. The summed E-state index contributed by atoms with van der Waals surface area (Å²) in [5.74, 6) is 0. The highest BCUT2D eigenvalue weighted by Crippen LogP contribution is 2.18. The fourth-order valence-electron chi connectivity index (χ4n) is 2.60. The van der Waals surface area contributed by atoms with Gasteiger partial charge in [0.1, 0.15) is 0 Å². The Hall–Kier alpha value is -1.13. The quantitative estimate of drug-likeness (QED) is 0.602. The number of benzene rings is 2. The molecule has 2 aromatic carbocycles. The minimum absolute atomic E-state index is 0.797. The normalized spacial score (nSPS) is 10.8. The summed E-state index contributed by atoms with van der Waals surface area (Å²) in [7, 11) is 0.797. The molecule has 0 aliphatic heterocycles. The van der Waals surface area contributed by atoms with Gasteiger partial charge in [0.15, 0.2) is 0 Å². The lowest BCUT2D eigenvalue weighted by atomic mass is 10.1. The van der Waals surface area contributed by atoms with E-state index in [1.165, 1.54) is 49.1 Å². The third-order valence-electron chi connectivity index (χ3n) is 3.90. The van der Waals surface area contributed by atoms with Crippen LogP contribution in [0.4, 0.5) is 0 Å². The second kappa shape index (κ2) is 9.00. The maximum absolute atomic E-state index is 2.32. The molecule has 0 unspecified atom stereocenters. The highest BCUT2D eigenvalue weighted by atomic mass is 31.1. The van der Waals surface area contributed by atoms with Gasteiger partial charge in [-0.3, -0.25) is 0 Å². The van der Waals surface area contributed by atoms with Crippen molar-refractivity contribution >= 4 is 19.2 Å². The van der Waals surface area contributed by atoms with Gasteiger partial charge >= 0.3 is 0 Å². The molecule has 0 aliphatic rings. The molecule has 0 N–H and O–H groups in total. The van der Waals surface area contributed by atoms with E-state index in [0.717, 1.165) is 8.58 Å². The van der Waals surface area contributed by atoms with Crippen LogP contribution in [0.1, 0.15) is 50.7 Å². The van der Waals surface area contributed by atoms with Crippen LogP contribution in [-0.4, -0.2) is 0 Å². The Bertz CT molecular complexity index is 496. The minimum atomic E-state index is 0.797. The molecule has 0 fully saturated rings. The molecule has 0 saturated carbocycles. The first-order valence-electron chi connectivity index (χ1n) is 8.28. The fraction of sp³-hybridized carbons (Fsp3) is 0.400. The number of hydrogen-bond donors (Lipinski definition) is 0. The molecule has 2 rings (SSSR count). The third kappa shape index (κ3) is 4.97. The van der Waals surface area contributed by atoms with E-state index in [1.807, 2.05) is 0 Å². The molecule has 0 amide bonds. The second-order valence-electron chi connectivity index (χ2n) is 5.65. The van der Waals surface area contributed by atoms with Gasteiger partial charge in [-0.2, -0.15) is 0 Å². The van der Waals surface area contributed by atoms with Gasteiger partial charge in [0, 0.05) is 0 Å². The highest BCUT2D eigenvalue weighted by Gasteiger charge is 2.06. The van der Waals surface area contributed by atoms with Crippen molar-refractivity contribution in [2.45, 2.75) is 52.4 Å². The van der Waals surface area contributed by atoms with E-state index in [0.29, 0.717) is 0 Å². The van der Waals surface area contributed by atoms with E-state index >= 15 is 0 Å². The lowest BCUT2D eigenvalue weighted by Gasteiger charge is -2.13. The first kappa shape index (κ1) is 16.2. The van der Waals surface area contributed by atoms with Gasteiger partial charge in [-0.25, -0.2) is 0 Å². The monoisotopic (exact) mass is 298 g/mol. The van der Waals surface area contributed by atoms with Crippen molar-refractivity contribution in [1.29, 1.82) is 0 Å². The fourth-order valence-corrected chi connectivity index (χ4v) is 3.99. The first-order valence-corrected chi connectivity index (χ1v) is 9.28. The summed E-state index contributed by atoms with van der Waals surface area (Å²) in [6.45, 7) is 4.54. The van der Waals surface area contributed by atoms with Gasteiger partial charge in [0.05, 0.1) is 0 Å². The predicted molar refractivity (Wildman–Crippen MR) is 97.7 cm³/mol. The zero-order valence-corrected chi connectivity index (χ0v) is 14.4. The molecule has 2 aromatic rings. The zero-order chi connectivity index (χ0) is 14.9. The van der Waals surface area contributed by atoms with E-state index < -0.39 is 0 Å². The van der Waals surface area contributed by atoms with Crippen LogP contribution in [-0.2, 0) is 12.8 Å². The van der Waals surface area contributed by atoms with Crippen molar-refractivity contribution in [2.75, 3.05) is 0 Å². The molecule has 112 valence electrons. The smallest absolute Gasteiger partial charge is 0.0194 e. The SMILES string of the molecule is CCCCc1ccccc1Pc1ccccc1CCCC. The number of unbranched alkanes of at least 4 members (excludes halogenated alkanes) is 2. The van der Waals surface area contributed by atoms with Gasteiger partial charge in [0.2, 0.25) is 0 Å². The summed E-state index contributed by atoms with van der Waals surface area (Å²) in [4.78, 5) is 0. The van der Waals surface area contributed by atoms with Crippen LogP contribution in [0.5, 0.6) is 0 Å². The van der Waals surface area contributed by atoms with Crippen LogP contribution in [0.15, 0.2) is 48.5 Å². The average Bonchev–Trinajstić information content (AvgIpc) is 2.53. The van der Waals surface area contributed by atoms with Crippen molar-refractivity contribution in [3.63, 3.8) is 0 Å². The van der Waals surface area contributed by atoms with Gasteiger partial charge in [0.25, 0.3) is 0 Å². The molecule has 0 aromatic heterocycles. The molecule has 21 heavy (non-hydrogen) atoms. The van der Waals surface area contributed by atoms with E-state index in [4.69, 9.17) is 0 Å². The number of hydrogen-bond acceptors (Lipinski definition) is 0. The molecule has 0 bridgehead atoms. The van der Waals surface area contributed by atoms with Crippen molar-refractivity contribution in [3.8, 4) is 0 Å². The molecular formula is C20H27P. The molecule has 0 radical (unpaired) electrons. The van der Waals surface area contributed by atoms with Crippen molar-refractivity contribution in [1.82, 2.24) is 0 Å². The zero-order valence-electron chi connectivity index (χ0n) is 13.4. The van der Waals surface area contributed by atoms with E-state index in [9.17, 15) is 0 Å². The van der Waals surface area contributed by atoms with Crippen molar-refractivity contribution in [2.24, 2.45) is 0 Å². The minimum Gasteiger partial charge on any atom is -0.0654 e. The Balaban J connectivity index is 2.18. The number of aryl methyl sites for hydroxylation is 2. The molecule has 0 saturated heterocycles. The Morgan fingerprint density at radius 3 is 1.52 bits per heavy atom. The molecule has 0 spiro atoms. The van der Waals surface area contributed by atoms with Crippen LogP contribution >= 0.6 is 8.58 Å². The van der Waals surface area contributed by atoms with Gasteiger partial charge in [-0.05, 0) is 47.4 Å². The maximum Gasteiger partial charge on any atom is -0.0194 e. The first-order chi connectivity index (χ1) is 10.3. The lowest BCUT2D eigenvalue weighted by molar-refractivity contribution is 0.797. The van der Waals surface area contributed by atoms with Crippen molar-refractivity contribution in [3.05, 3.63) is 59.7 Å². The standard InChI is InChI=1S/C20H27P/c1-3-5-11-17-13-7-9-15-19(17)21-20-16-10-8-14-18(20)12-6-4-2/h7-10,13-16,21H,3-6,11-12H2,1-2H3. The largest absolute Gasteiger partial charge is 0.0654 e. The molecule has 0 atom stereocenters. The Morgan fingerprint density at radius 2 is 1.10 bits per heavy atom. The number of rotatable bonds is 8. The molecule has 0 heterocycles. The Kier molecular flexibility index (Phi) is 6.96. The van der Waals surface area contributed by atoms with E-state index in [1.54, 1.807) is 11.1 Å². The van der Waals surface area contributed by atoms with Gasteiger partial charge in [-0.15, -0.1) is 0 Å². The summed E-state index contributed by atoms with van der Waals surface area (Å²) in [5, 5.41) is 3.07. The molecule has 0 nitrogen and oxygen atoms in total. The predicted octanol–water partition coefficient (Wildman–Crippen LogP) is 5.00. The maximum atomic E-state index is 2.32. The summed E-state index contributed by atoms with van der Waals surface area (Å²) in [6, 6.07) is 18.0. The summed E-state index contributed by atoms with van der Waals surface area (Å²) in [5.41, 5.74) is 3.09. The average molecular weight is 298 g/mol. The van der Waals surface area contributed by atoms with E-state index in [-0.39, 0.29) is 0 Å². The third-order valence-corrected chi connectivity index (χ3v) is 5.42. The van der Waals surface area contributed by atoms with Crippen molar-refractivity contribution < 1.29 is 0 Å². The van der Waals surface area contributed by atoms with E-state index in [2.05, 4.69) is 62.4 Å². The molecular weight excluding hydrogens is 271 g/mol. The summed E-state index contributed by atoms with van der Waals surface area (Å²) >= 11 is 0. The van der Waals surface area contributed by atoms with Gasteiger partial charge < -0.3 is 0 Å². The van der Waals surface area contributed by atoms with Crippen LogP contribution < -0.4 is 10.6 Å².